The molecule has 20 heavy (non-hydrogen) atoms. The van der Waals surface area contributed by atoms with Crippen molar-refractivity contribution in [1.82, 2.24) is 0 Å². The van der Waals surface area contributed by atoms with Crippen molar-refractivity contribution >= 4 is 0 Å². The van der Waals surface area contributed by atoms with Crippen LogP contribution in [0.2, 0.25) is 0 Å². The Balaban J connectivity index is 2.30. The maximum Gasteiger partial charge on any atom is 0.416 e. The van der Waals surface area contributed by atoms with E-state index < -0.39 is 17.8 Å². The van der Waals surface area contributed by atoms with Crippen LogP contribution in [0, 0.1) is 0 Å². The zero-order valence-electron chi connectivity index (χ0n) is 11.4. The Morgan fingerprint density at radius 2 is 1.70 bits per heavy atom. The highest BCUT2D eigenvalue weighted by molar-refractivity contribution is 5.37. The standard InChI is InChI=1S/C16H20F3N/c17-16(18,19)14-11-7-6-10-13(14)15(20)12-8-4-2-1-3-5-9-12/h6-8,10-11,15H,1-5,9,20H2/b12-8+. The molecule has 0 saturated carbocycles. The summed E-state index contributed by atoms with van der Waals surface area (Å²) in [6, 6.07) is 4.98. The zero-order valence-corrected chi connectivity index (χ0v) is 11.4. The molecule has 1 aromatic rings. The summed E-state index contributed by atoms with van der Waals surface area (Å²) in [4.78, 5) is 0. The van der Waals surface area contributed by atoms with Gasteiger partial charge < -0.3 is 5.73 Å². The summed E-state index contributed by atoms with van der Waals surface area (Å²) >= 11 is 0. The lowest BCUT2D eigenvalue weighted by Crippen LogP contribution is -2.19. The van der Waals surface area contributed by atoms with E-state index in [1.165, 1.54) is 18.6 Å². The molecule has 1 aliphatic rings. The highest BCUT2D eigenvalue weighted by atomic mass is 19.4. The van der Waals surface area contributed by atoms with Gasteiger partial charge in [-0.15, -0.1) is 0 Å². The Labute approximate surface area is 117 Å². The summed E-state index contributed by atoms with van der Waals surface area (Å²) in [6.07, 6.45) is 3.83. The van der Waals surface area contributed by atoms with E-state index in [2.05, 4.69) is 0 Å². The molecular formula is C16H20F3N. The number of allylic oxidation sites excluding steroid dienone is 1. The zero-order chi connectivity index (χ0) is 14.6. The van der Waals surface area contributed by atoms with Crippen LogP contribution in [0.1, 0.15) is 55.7 Å². The monoisotopic (exact) mass is 283 g/mol. The van der Waals surface area contributed by atoms with Crippen molar-refractivity contribution in [2.45, 2.75) is 50.7 Å². The Hall–Kier alpha value is -1.29. The first kappa shape index (κ1) is 15.1. The SMILES string of the molecule is NC(/C1=C/CCCCCC1)c1ccccc1C(F)(F)F. The number of rotatable bonds is 2. The molecule has 1 nitrogen and oxygen atoms in total. The van der Waals surface area contributed by atoms with Crippen LogP contribution in [-0.2, 0) is 6.18 Å². The van der Waals surface area contributed by atoms with Crippen molar-refractivity contribution in [1.29, 1.82) is 0 Å². The molecular weight excluding hydrogens is 263 g/mol. The molecule has 0 spiro atoms. The molecule has 0 amide bonds. The molecule has 110 valence electrons. The summed E-state index contributed by atoms with van der Waals surface area (Å²) in [5.74, 6) is 0. The summed E-state index contributed by atoms with van der Waals surface area (Å²) in [5.41, 5.74) is 6.64. The molecule has 2 N–H and O–H groups in total. The normalized spacial score (nSPS) is 21.5. The highest BCUT2D eigenvalue weighted by Gasteiger charge is 2.34. The Morgan fingerprint density at radius 3 is 2.45 bits per heavy atom. The van der Waals surface area contributed by atoms with Crippen molar-refractivity contribution in [3.8, 4) is 0 Å². The number of nitrogens with two attached hydrogens (primary N) is 1. The Bertz CT molecular complexity index is 477. The molecule has 4 heteroatoms. The first-order chi connectivity index (χ1) is 9.50. The lowest BCUT2D eigenvalue weighted by atomic mass is 9.89. The summed E-state index contributed by atoms with van der Waals surface area (Å²) in [7, 11) is 0. The van der Waals surface area contributed by atoms with Gasteiger partial charge in [0.2, 0.25) is 0 Å². The maximum absolute atomic E-state index is 13.0. The molecule has 2 rings (SSSR count). The van der Waals surface area contributed by atoms with Crippen LogP contribution in [0.3, 0.4) is 0 Å². The molecule has 0 saturated heterocycles. The lowest BCUT2D eigenvalue weighted by molar-refractivity contribution is -0.138. The van der Waals surface area contributed by atoms with Crippen LogP contribution >= 0.6 is 0 Å². The second-order valence-corrected chi connectivity index (χ2v) is 5.29. The number of alkyl halides is 3. The average molecular weight is 283 g/mol. The van der Waals surface area contributed by atoms with E-state index >= 15 is 0 Å². The summed E-state index contributed by atoms with van der Waals surface area (Å²) in [6.45, 7) is 0. The van der Waals surface area contributed by atoms with Crippen molar-refractivity contribution in [2.75, 3.05) is 0 Å². The molecule has 0 fully saturated rings. The molecule has 0 aliphatic heterocycles. The third kappa shape index (κ3) is 3.63. The third-order valence-corrected chi connectivity index (χ3v) is 3.83. The lowest BCUT2D eigenvalue weighted by Gasteiger charge is -2.22. The summed E-state index contributed by atoms with van der Waals surface area (Å²) in [5, 5.41) is 0. The van der Waals surface area contributed by atoms with E-state index in [1.54, 1.807) is 6.07 Å². The van der Waals surface area contributed by atoms with Crippen molar-refractivity contribution < 1.29 is 13.2 Å². The van der Waals surface area contributed by atoms with E-state index in [1.807, 2.05) is 6.08 Å². The second kappa shape index (κ2) is 6.44. The van der Waals surface area contributed by atoms with E-state index in [4.69, 9.17) is 5.73 Å². The van der Waals surface area contributed by atoms with Gasteiger partial charge in [0.25, 0.3) is 0 Å². The van der Waals surface area contributed by atoms with Crippen molar-refractivity contribution in [3.63, 3.8) is 0 Å². The van der Waals surface area contributed by atoms with Gasteiger partial charge in [-0.1, -0.05) is 42.7 Å². The van der Waals surface area contributed by atoms with Crippen LogP contribution in [0.4, 0.5) is 13.2 Å². The van der Waals surface area contributed by atoms with Gasteiger partial charge in [0.1, 0.15) is 0 Å². The van der Waals surface area contributed by atoms with E-state index in [9.17, 15) is 13.2 Å². The Morgan fingerprint density at radius 1 is 1.00 bits per heavy atom. The van der Waals surface area contributed by atoms with Gasteiger partial charge in [0, 0.05) is 0 Å². The summed E-state index contributed by atoms with van der Waals surface area (Å²) < 4.78 is 39.1. The molecule has 0 aromatic heterocycles. The smallest absolute Gasteiger partial charge is 0.321 e. The first-order valence-electron chi connectivity index (χ1n) is 7.11. The molecule has 1 atom stereocenters. The van der Waals surface area contributed by atoms with Gasteiger partial charge in [-0.05, 0) is 37.3 Å². The van der Waals surface area contributed by atoms with Crippen LogP contribution in [0.5, 0.6) is 0 Å². The predicted octanol–water partition coefficient (Wildman–Crippen LogP) is 4.99. The minimum Gasteiger partial charge on any atom is -0.321 e. The topological polar surface area (TPSA) is 26.0 Å². The fraction of sp³-hybridized carbons (Fsp3) is 0.500. The van der Waals surface area contributed by atoms with Gasteiger partial charge >= 0.3 is 6.18 Å². The van der Waals surface area contributed by atoms with E-state index in [-0.39, 0.29) is 5.56 Å². The molecule has 1 aliphatic carbocycles. The predicted molar refractivity (Wildman–Crippen MR) is 74.2 cm³/mol. The minimum absolute atomic E-state index is 0.187. The van der Waals surface area contributed by atoms with Crippen LogP contribution in [0.25, 0.3) is 0 Å². The van der Waals surface area contributed by atoms with Crippen molar-refractivity contribution in [2.24, 2.45) is 5.73 Å². The Kier molecular flexibility index (Phi) is 4.86. The highest BCUT2D eigenvalue weighted by Crippen LogP contribution is 2.37. The van der Waals surface area contributed by atoms with Gasteiger partial charge in [-0.25, -0.2) is 0 Å². The van der Waals surface area contributed by atoms with Gasteiger partial charge in [0.05, 0.1) is 11.6 Å². The first-order valence-corrected chi connectivity index (χ1v) is 7.11. The van der Waals surface area contributed by atoms with Crippen LogP contribution < -0.4 is 5.73 Å². The quantitative estimate of drug-likeness (QED) is 0.761. The van der Waals surface area contributed by atoms with E-state index in [0.717, 1.165) is 43.7 Å². The molecule has 0 bridgehead atoms. The van der Waals surface area contributed by atoms with Gasteiger partial charge in [-0.2, -0.15) is 13.2 Å². The van der Waals surface area contributed by atoms with Crippen LogP contribution in [-0.4, -0.2) is 0 Å². The van der Waals surface area contributed by atoms with Gasteiger partial charge in [0.15, 0.2) is 0 Å². The number of hydrogen-bond acceptors (Lipinski definition) is 1. The molecule has 1 unspecified atom stereocenters. The van der Waals surface area contributed by atoms with E-state index in [0.29, 0.717) is 0 Å². The molecule has 0 heterocycles. The fourth-order valence-electron chi connectivity index (χ4n) is 2.73. The van der Waals surface area contributed by atoms with Crippen molar-refractivity contribution in [3.05, 3.63) is 47.0 Å². The fourth-order valence-corrected chi connectivity index (χ4v) is 2.73. The largest absolute Gasteiger partial charge is 0.416 e. The number of hydrogen-bond donors (Lipinski definition) is 1. The average Bonchev–Trinajstić information content (AvgIpc) is 2.37. The third-order valence-electron chi connectivity index (χ3n) is 3.83. The second-order valence-electron chi connectivity index (χ2n) is 5.29. The molecule has 1 aromatic carbocycles. The minimum atomic E-state index is -4.35. The van der Waals surface area contributed by atoms with Gasteiger partial charge in [-0.3, -0.25) is 0 Å². The number of halogens is 3. The van der Waals surface area contributed by atoms with Crippen LogP contribution in [0.15, 0.2) is 35.9 Å². The maximum atomic E-state index is 13.0. The number of benzene rings is 1. The molecule has 0 radical (unpaired) electrons.